The number of nitrogens with zero attached hydrogens (tertiary/aromatic N) is 1. The monoisotopic (exact) mass is 299 g/mol. The quantitative estimate of drug-likeness (QED) is 0.489. The highest BCUT2D eigenvalue weighted by molar-refractivity contribution is 7.98. The number of amides is 3. The molecule has 1 aromatic heterocycles. The molecule has 8 heteroatoms. The maximum Gasteiger partial charge on any atom is 0.312 e. The van der Waals surface area contributed by atoms with E-state index < -0.39 is 12.1 Å². The highest BCUT2D eigenvalue weighted by Gasteiger charge is 2.18. The second kappa shape index (κ2) is 9.24. The number of hydrogen-bond acceptors (Lipinski definition) is 4. The van der Waals surface area contributed by atoms with Gasteiger partial charge in [0, 0.05) is 25.4 Å². The summed E-state index contributed by atoms with van der Waals surface area (Å²) in [5.74, 6) is 1.48. The molecule has 0 saturated carbocycles. The minimum atomic E-state index is -0.679. The number of aromatic amines is 1. The first-order valence-electron chi connectivity index (χ1n) is 6.44. The molecule has 112 valence electrons. The van der Waals surface area contributed by atoms with Crippen LogP contribution in [0.3, 0.4) is 0 Å². The normalized spacial score (nSPS) is 11.8. The molecule has 0 bridgehead atoms. The zero-order valence-electron chi connectivity index (χ0n) is 11.5. The molecule has 0 aliphatic carbocycles. The summed E-state index contributed by atoms with van der Waals surface area (Å²) in [6.45, 7) is 0.537. The van der Waals surface area contributed by atoms with Crippen LogP contribution in [0.2, 0.25) is 0 Å². The molecule has 3 amide bonds. The Labute approximate surface area is 122 Å². The molecular weight excluding hydrogens is 278 g/mol. The third-order valence-corrected chi connectivity index (χ3v) is 3.33. The number of carbonyl (C=O) groups excluding carboxylic acids is 2. The summed E-state index contributed by atoms with van der Waals surface area (Å²) in [4.78, 5) is 29.9. The summed E-state index contributed by atoms with van der Waals surface area (Å²) in [5.41, 5.74) is 5.07. The van der Waals surface area contributed by atoms with Gasteiger partial charge in [-0.15, -0.1) is 0 Å². The van der Waals surface area contributed by atoms with Crippen LogP contribution in [-0.2, 0) is 11.2 Å². The number of H-pyrrole nitrogens is 1. The number of imidazole rings is 1. The molecular formula is C12H21N5O2S. The van der Waals surface area contributed by atoms with E-state index in [1.54, 1.807) is 24.2 Å². The average molecular weight is 299 g/mol. The van der Waals surface area contributed by atoms with Gasteiger partial charge >= 0.3 is 6.03 Å². The average Bonchev–Trinajstić information content (AvgIpc) is 2.92. The van der Waals surface area contributed by atoms with Crippen molar-refractivity contribution in [3.05, 3.63) is 18.2 Å². The van der Waals surface area contributed by atoms with E-state index in [4.69, 9.17) is 5.73 Å². The molecule has 0 aromatic carbocycles. The van der Waals surface area contributed by atoms with E-state index in [1.807, 2.05) is 6.26 Å². The predicted molar refractivity (Wildman–Crippen MR) is 79.4 cm³/mol. The zero-order chi connectivity index (χ0) is 14.8. The van der Waals surface area contributed by atoms with Gasteiger partial charge in [-0.2, -0.15) is 11.8 Å². The van der Waals surface area contributed by atoms with Gasteiger partial charge in [0.2, 0.25) is 5.91 Å². The van der Waals surface area contributed by atoms with Crippen molar-refractivity contribution in [2.24, 2.45) is 5.73 Å². The van der Waals surface area contributed by atoms with Gasteiger partial charge in [-0.05, 0) is 24.9 Å². The minimum absolute atomic E-state index is 0.197. The number of primary amides is 1. The predicted octanol–water partition coefficient (Wildman–Crippen LogP) is 0.249. The van der Waals surface area contributed by atoms with Crippen LogP contribution in [0, 0.1) is 0 Å². The highest BCUT2D eigenvalue weighted by atomic mass is 32.2. The zero-order valence-corrected chi connectivity index (χ0v) is 12.3. The van der Waals surface area contributed by atoms with E-state index >= 15 is 0 Å². The number of carbonyl (C=O) groups is 2. The van der Waals surface area contributed by atoms with E-state index in [9.17, 15) is 9.59 Å². The molecule has 20 heavy (non-hydrogen) atoms. The Balaban J connectivity index is 2.27. The van der Waals surface area contributed by atoms with Crippen molar-refractivity contribution in [3.63, 3.8) is 0 Å². The number of urea groups is 1. The van der Waals surface area contributed by atoms with Crippen molar-refractivity contribution in [2.75, 3.05) is 18.6 Å². The molecule has 0 radical (unpaired) electrons. The lowest BCUT2D eigenvalue weighted by Gasteiger charge is -2.16. The SMILES string of the molecule is CSCCC(NC(N)=O)C(=O)NCCCc1ncc[nH]1. The first-order valence-corrected chi connectivity index (χ1v) is 7.83. The van der Waals surface area contributed by atoms with Crippen LogP contribution < -0.4 is 16.4 Å². The Morgan fingerprint density at radius 2 is 2.35 bits per heavy atom. The highest BCUT2D eigenvalue weighted by Crippen LogP contribution is 2.01. The van der Waals surface area contributed by atoms with Crippen LogP contribution in [0.5, 0.6) is 0 Å². The molecule has 7 nitrogen and oxygen atoms in total. The molecule has 0 saturated heterocycles. The first-order chi connectivity index (χ1) is 9.63. The van der Waals surface area contributed by atoms with Gasteiger partial charge in [0.25, 0.3) is 0 Å². The summed E-state index contributed by atoms with van der Waals surface area (Å²) in [7, 11) is 0. The fraction of sp³-hybridized carbons (Fsp3) is 0.583. The van der Waals surface area contributed by atoms with E-state index in [0.29, 0.717) is 13.0 Å². The third-order valence-electron chi connectivity index (χ3n) is 2.69. The number of nitrogens with two attached hydrogens (primary N) is 1. The first kappa shape index (κ1) is 16.4. The van der Waals surface area contributed by atoms with E-state index in [2.05, 4.69) is 20.6 Å². The van der Waals surface area contributed by atoms with Crippen molar-refractivity contribution in [1.29, 1.82) is 0 Å². The molecule has 1 rings (SSSR count). The van der Waals surface area contributed by atoms with Crippen LogP contribution in [0.1, 0.15) is 18.7 Å². The summed E-state index contributed by atoms with van der Waals surface area (Å²) < 4.78 is 0. The van der Waals surface area contributed by atoms with Gasteiger partial charge in [-0.25, -0.2) is 9.78 Å². The lowest BCUT2D eigenvalue weighted by Crippen LogP contribution is -2.49. The molecule has 0 fully saturated rings. The van der Waals surface area contributed by atoms with Crippen LogP contribution in [0.25, 0.3) is 0 Å². The van der Waals surface area contributed by atoms with Crippen LogP contribution in [-0.4, -0.2) is 46.5 Å². The number of nitrogens with one attached hydrogen (secondary N) is 3. The Kier molecular flexibility index (Phi) is 7.56. The molecule has 1 unspecified atom stereocenters. The topological polar surface area (TPSA) is 113 Å². The minimum Gasteiger partial charge on any atom is -0.354 e. The number of aromatic nitrogens is 2. The third kappa shape index (κ3) is 6.46. The Morgan fingerprint density at radius 3 is 2.95 bits per heavy atom. The van der Waals surface area contributed by atoms with Gasteiger partial charge < -0.3 is 21.4 Å². The molecule has 0 aliphatic heterocycles. The summed E-state index contributed by atoms with van der Waals surface area (Å²) in [5, 5.41) is 5.26. The Morgan fingerprint density at radius 1 is 1.55 bits per heavy atom. The van der Waals surface area contributed by atoms with E-state index in [1.165, 1.54) is 0 Å². The number of hydrogen-bond donors (Lipinski definition) is 4. The van der Waals surface area contributed by atoms with Gasteiger partial charge in [-0.3, -0.25) is 4.79 Å². The Bertz CT molecular complexity index is 410. The van der Waals surface area contributed by atoms with Gasteiger partial charge in [0.15, 0.2) is 0 Å². The van der Waals surface area contributed by atoms with E-state index in [-0.39, 0.29) is 5.91 Å². The summed E-state index contributed by atoms with van der Waals surface area (Å²) >= 11 is 1.62. The second-order valence-corrected chi connectivity index (χ2v) is 5.26. The maximum absolute atomic E-state index is 11.9. The van der Waals surface area contributed by atoms with E-state index in [0.717, 1.165) is 24.4 Å². The number of rotatable bonds is 9. The van der Waals surface area contributed by atoms with Crippen molar-refractivity contribution in [3.8, 4) is 0 Å². The summed E-state index contributed by atoms with van der Waals surface area (Å²) in [6, 6.07) is -1.24. The molecule has 1 heterocycles. The van der Waals surface area contributed by atoms with Crippen molar-refractivity contribution < 1.29 is 9.59 Å². The number of thioether (sulfide) groups is 1. The fourth-order valence-corrected chi connectivity index (χ4v) is 2.17. The molecule has 1 aromatic rings. The maximum atomic E-state index is 11.9. The Hall–Kier alpha value is -1.70. The smallest absolute Gasteiger partial charge is 0.312 e. The van der Waals surface area contributed by atoms with Gasteiger partial charge in [-0.1, -0.05) is 0 Å². The van der Waals surface area contributed by atoms with Crippen LogP contribution in [0.15, 0.2) is 12.4 Å². The van der Waals surface area contributed by atoms with Crippen molar-refractivity contribution in [2.45, 2.75) is 25.3 Å². The lowest BCUT2D eigenvalue weighted by atomic mass is 10.2. The second-order valence-electron chi connectivity index (χ2n) is 4.27. The fourth-order valence-electron chi connectivity index (χ4n) is 1.70. The van der Waals surface area contributed by atoms with Crippen molar-refractivity contribution >= 4 is 23.7 Å². The molecule has 0 aliphatic rings. The molecule has 1 atom stereocenters. The molecule has 5 N–H and O–H groups in total. The number of aryl methyl sites for hydroxylation is 1. The van der Waals surface area contributed by atoms with Gasteiger partial charge in [0.1, 0.15) is 11.9 Å². The van der Waals surface area contributed by atoms with Gasteiger partial charge in [0.05, 0.1) is 0 Å². The van der Waals surface area contributed by atoms with Crippen LogP contribution >= 0.6 is 11.8 Å². The lowest BCUT2D eigenvalue weighted by molar-refractivity contribution is -0.122. The standard InChI is InChI=1S/C12H21N5O2S/c1-20-8-4-9(17-12(13)19)11(18)16-5-2-3-10-14-6-7-15-10/h6-7,9H,2-5,8H2,1H3,(H,14,15)(H,16,18)(H3,13,17,19). The summed E-state index contributed by atoms with van der Waals surface area (Å²) in [6.07, 6.45) is 7.53. The largest absolute Gasteiger partial charge is 0.354 e. The molecule has 0 spiro atoms. The van der Waals surface area contributed by atoms with Crippen LogP contribution in [0.4, 0.5) is 4.79 Å². The van der Waals surface area contributed by atoms with Crippen molar-refractivity contribution in [1.82, 2.24) is 20.6 Å².